The van der Waals surface area contributed by atoms with E-state index in [1.165, 1.54) is 36.0 Å². The van der Waals surface area contributed by atoms with Crippen molar-refractivity contribution in [3.63, 3.8) is 0 Å². The smallest absolute Gasteiger partial charge is 0.237 e. The molecule has 7 nitrogen and oxygen atoms in total. The summed E-state index contributed by atoms with van der Waals surface area (Å²) in [5, 5.41) is 13.2. The first-order valence-electron chi connectivity index (χ1n) is 8.16. The Bertz CT molecular complexity index is 1070. The fourth-order valence-electron chi connectivity index (χ4n) is 2.34. The molecule has 0 aliphatic heterocycles. The molecule has 2 aromatic heterocycles. The lowest BCUT2D eigenvalue weighted by atomic mass is 10.3. The SMILES string of the molecule is Fc1ccc(OCc2noc(CSc3nncn3-c3cccc(Cl)c3)n2)cc1. The molecule has 142 valence electrons. The van der Waals surface area contributed by atoms with Gasteiger partial charge >= 0.3 is 0 Å². The number of nitrogens with zero attached hydrogens (tertiary/aromatic N) is 5. The summed E-state index contributed by atoms with van der Waals surface area (Å²) in [5.41, 5.74) is 0.860. The monoisotopic (exact) mass is 417 g/mol. The Morgan fingerprint density at radius 2 is 2.04 bits per heavy atom. The van der Waals surface area contributed by atoms with Crippen LogP contribution in [-0.4, -0.2) is 24.9 Å². The molecule has 0 radical (unpaired) electrons. The first-order valence-corrected chi connectivity index (χ1v) is 9.52. The average molecular weight is 418 g/mol. The number of benzene rings is 2. The van der Waals surface area contributed by atoms with E-state index in [4.69, 9.17) is 20.9 Å². The van der Waals surface area contributed by atoms with Crippen LogP contribution in [0.3, 0.4) is 0 Å². The van der Waals surface area contributed by atoms with Crippen LogP contribution in [0.5, 0.6) is 5.75 Å². The summed E-state index contributed by atoms with van der Waals surface area (Å²) in [6.07, 6.45) is 1.61. The van der Waals surface area contributed by atoms with E-state index in [1.807, 2.05) is 22.8 Å². The van der Waals surface area contributed by atoms with E-state index in [1.54, 1.807) is 12.4 Å². The minimum atomic E-state index is -0.322. The summed E-state index contributed by atoms with van der Waals surface area (Å²) < 4.78 is 25.5. The van der Waals surface area contributed by atoms with Gasteiger partial charge in [-0.15, -0.1) is 10.2 Å². The molecule has 0 fully saturated rings. The van der Waals surface area contributed by atoms with E-state index < -0.39 is 0 Å². The Labute approximate surface area is 168 Å². The molecule has 4 rings (SSSR count). The fourth-order valence-corrected chi connectivity index (χ4v) is 3.29. The molecule has 0 bridgehead atoms. The number of thioether (sulfide) groups is 1. The van der Waals surface area contributed by atoms with Crippen LogP contribution in [0.25, 0.3) is 5.69 Å². The summed E-state index contributed by atoms with van der Waals surface area (Å²) in [7, 11) is 0. The fraction of sp³-hybridized carbons (Fsp3) is 0.111. The molecule has 0 unspecified atom stereocenters. The van der Waals surface area contributed by atoms with Gasteiger partial charge in [-0.2, -0.15) is 4.98 Å². The lowest BCUT2D eigenvalue weighted by Crippen LogP contribution is -1.98. The van der Waals surface area contributed by atoms with Crippen molar-refractivity contribution in [1.82, 2.24) is 24.9 Å². The highest BCUT2D eigenvalue weighted by Crippen LogP contribution is 2.24. The van der Waals surface area contributed by atoms with Gasteiger partial charge in [0.05, 0.1) is 11.4 Å². The minimum absolute atomic E-state index is 0.124. The van der Waals surface area contributed by atoms with Crippen LogP contribution in [0.15, 0.2) is 64.5 Å². The molecule has 0 saturated heterocycles. The largest absolute Gasteiger partial charge is 0.485 e. The molecular formula is C18H13ClFN5O2S. The quantitative estimate of drug-likeness (QED) is 0.414. The van der Waals surface area contributed by atoms with Gasteiger partial charge in [0.1, 0.15) is 17.9 Å². The van der Waals surface area contributed by atoms with E-state index >= 15 is 0 Å². The molecule has 0 atom stereocenters. The standard InChI is InChI=1S/C18H13ClFN5O2S/c19-12-2-1-3-14(8-12)25-11-21-23-18(25)28-10-17-22-16(24-27-17)9-26-15-6-4-13(20)5-7-15/h1-8,11H,9-10H2. The Kier molecular flexibility index (Phi) is 5.54. The van der Waals surface area contributed by atoms with Crippen LogP contribution >= 0.6 is 23.4 Å². The van der Waals surface area contributed by atoms with Gasteiger partial charge in [0.15, 0.2) is 11.8 Å². The minimum Gasteiger partial charge on any atom is -0.485 e. The number of hydrogen-bond acceptors (Lipinski definition) is 7. The maximum absolute atomic E-state index is 12.9. The maximum atomic E-state index is 12.9. The Balaban J connectivity index is 1.36. The van der Waals surface area contributed by atoms with Gasteiger partial charge in [0.2, 0.25) is 11.7 Å². The summed E-state index contributed by atoms with van der Waals surface area (Å²) in [6, 6.07) is 13.1. The Morgan fingerprint density at radius 3 is 2.86 bits per heavy atom. The van der Waals surface area contributed by atoms with Crippen molar-refractivity contribution in [3.8, 4) is 11.4 Å². The first kappa shape index (κ1) is 18.5. The number of hydrogen-bond donors (Lipinski definition) is 0. The molecule has 2 aromatic carbocycles. The van der Waals surface area contributed by atoms with Crippen LogP contribution in [0.4, 0.5) is 4.39 Å². The van der Waals surface area contributed by atoms with Gasteiger partial charge in [0.25, 0.3) is 0 Å². The van der Waals surface area contributed by atoms with Crippen molar-refractivity contribution in [2.45, 2.75) is 17.5 Å². The number of rotatable bonds is 7. The van der Waals surface area contributed by atoms with Gasteiger partial charge in [0, 0.05) is 5.02 Å². The maximum Gasteiger partial charge on any atom is 0.237 e. The van der Waals surface area contributed by atoms with Crippen LogP contribution in [0.1, 0.15) is 11.7 Å². The zero-order chi connectivity index (χ0) is 19.3. The lowest BCUT2D eigenvalue weighted by Gasteiger charge is -2.05. The van der Waals surface area contributed by atoms with Gasteiger partial charge < -0.3 is 9.26 Å². The third-order valence-electron chi connectivity index (χ3n) is 3.62. The highest BCUT2D eigenvalue weighted by molar-refractivity contribution is 7.98. The highest BCUT2D eigenvalue weighted by atomic mass is 35.5. The third-order valence-corrected chi connectivity index (χ3v) is 4.78. The third kappa shape index (κ3) is 4.49. The molecule has 2 heterocycles. The van der Waals surface area contributed by atoms with Crippen LogP contribution < -0.4 is 4.74 Å². The molecule has 0 saturated carbocycles. The van der Waals surface area contributed by atoms with Crippen LogP contribution in [-0.2, 0) is 12.4 Å². The van der Waals surface area contributed by atoms with Crippen molar-refractivity contribution in [3.05, 3.63) is 77.4 Å². The van der Waals surface area contributed by atoms with Crippen molar-refractivity contribution >= 4 is 23.4 Å². The number of halogens is 2. The van der Waals surface area contributed by atoms with Gasteiger partial charge in [-0.05, 0) is 42.5 Å². The predicted molar refractivity (Wildman–Crippen MR) is 101 cm³/mol. The van der Waals surface area contributed by atoms with Crippen molar-refractivity contribution in [2.24, 2.45) is 0 Å². The topological polar surface area (TPSA) is 78.9 Å². The van der Waals surface area contributed by atoms with Gasteiger partial charge in [-0.1, -0.05) is 34.6 Å². The normalized spacial score (nSPS) is 10.9. The summed E-state index contributed by atoms with van der Waals surface area (Å²) in [4.78, 5) is 4.28. The summed E-state index contributed by atoms with van der Waals surface area (Å²) >= 11 is 7.45. The highest BCUT2D eigenvalue weighted by Gasteiger charge is 2.12. The average Bonchev–Trinajstić information content (AvgIpc) is 3.35. The van der Waals surface area contributed by atoms with Gasteiger partial charge in [-0.3, -0.25) is 4.57 Å². The molecule has 10 heteroatoms. The first-order chi connectivity index (χ1) is 13.7. The van der Waals surface area contributed by atoms with E-state index in [9.17, 15) is 4.39 Å². The van der Waals surface area contributed by atoms with E-state index in [0.717, 1.165) is 5.69 Å². The molecule has 4 aromatic rings. The van der Waals surface area contributed by atoms with E-state index in [2.05, 4.69) is 20.3 Å². The predicted octanol–water partition coefficient (Wildman–Crippen LogP) is 4.31. The van der Waals surface area contributed by atoms with Crippen molar-refractivity contribution < 1.29 is 13.7 Å². The van der Waals surface area contributed by atoms with E-state index in [0.29, 0.717) is 33.4 Å². The second kappa shape index (κ2) is 8.41. The second-order valence-electron chi connectivity index (χ2n) is 5.60. The lowest BCUT2D eigenvalue weighted by molar-refractivity contribution is 0.285. The van der Waals surface area contributed by atoms with Crippen molar-refractivity contribution in [2.75, 3.05) is 0 Å². The zero-order valence-electron chi connectivity index (χ0n) is 14.3. The number of ether oxygens (including phenoxy) is 1. The number of aromatic nitrogens is 5. The zero-order valence-corrected chi connectivity index (χ0v) is 15.9. The second-order valence-corrected chi connectivity index (χ2v) is 6.98. The molecule has 0 aliphatic carbocycles. The van der Waals surface area contributed by atoms with Crippen LogP contribution in [0, 0.1) is 5.82 Å². The molecule has 28 heavy (non-hydrogen) atoms. The molecule has 0 spiro atoms. The molecule has 0 aliphatic rings. The molecule has 0 amide bonds. The molecule has 0 N–H and O–H groups in total. The summed E-state index contributed by atoms with van der Waals surface area (Å²) in [6.45, 7) is 0.124. The summed E-state index contributed by atoms with van der Waals surface area (Å²) in [5.74, 6) is 1.45. The Hall–Kier alpha value is -2.91. The van der Waals surface area contributed by atoms with Crippen molar-refractivity contribution in [1.29, 1.82) is 0 Å². The van der Waals surface area contributed by atoms with E-state index in [-0.39, 0.29) is 12.4 Å². The molecular weight excluding hydrogens is 405 g/mol. The van der Waals surface area contributed by atoms with Gasteiger partial charge in [-0.25, -0.2) is 4.39 Å². The Morgan fingerprint density at radius 1 is 1.18 bits per heavy atom. The van der Waals surface area contributed by atoms with Crippen LogP contribution in [0.2, 0.25) is 5.02 Å².